The first-order valence-electron chi connectivity index (χ1n) is 13.7. The summed E-state index contributed by atoms with van der Waals surface area (Å²) in [7, 11) is 6.22. The van der Waals surface area contributed by atoms with Gasteiger partial charge in [0.05, 0.1) is 40.2 Å². The fraction of sp³-hybridized carbons (Fsp3) is 0.387. The van der Waals surface area contributed by atoms with Crippen LogP contribution in [0.5, 0.6) is 23.0 Å². The first-order chi connectivity index (χ1) is 20.6. The average Bonchev–Trinajstić information content (AvgIpc) is 3.58. The number of carbonyl (C=O) groups is 1. The molecule has 9 nitrogen and oxygen atoms in total. The summed E-state index contributed by atoms with van der Waals surface area (Å²) < 4.78 is 62.8. The third kappa shape index (κ3) is 5.91. The van der Waals surface area contributed by atoms with Crippen LogP contribution in [0.15, 0.2) is 53.1 Å². The van der Waals surface area contributed by atoms with Crippen LogP contribution in [0.25, 0.3) is 6.08 Å². The van der Waals surface area contributed by atoms with Crippen LogP contribution in [0.2, 0.25) is 0 Å². The highest BCUT2D eigenvalue weighted by Gasteiger charge is 2.44. The van der Waals surface area contributed by atoms with Gasteiger partial charge in [-0.3, -0.25) is 9.48 Å². The van der Waals surface area contributed by atoms with E-state index in [1.54, 1.807) is 20.3 Å². The summed E-state index contributed by atoms with van der Waals surface area (Å²) in [6, 6.07) is 11.5. The number of alkyl halides is 3. The van der Waals surface area contributed by atoms with Crippen LogP contribution in [0, 0.1) is 12.8 Å². The van der Waals surface area contributed by atoms with Crippen molar-refractivity contribution in [1.29, 1.82) is 0 Å². The molecule has 2 aromatic carbocycles. The number of benzene rings is 2. The van der Waals surface area contributed by atoms with E-state index in [0.717, 1.165) is 52.4 Å². The highest BCUT2D eigenvalue weighted by atomic mass is 19.4. The van der Waals surface area contributed by atoms with Gasteiger partial charge >= 0.3 is 6.18 Å². The maximum absolute atomic E-state index is 13.8. The van der Waals surface area contributed by atoms with E-state index < -0.39 is 30.4 Å². The molecule has 43 heavy (non-hydrogen) atoms. The fourth-order valence-electron chi connectivity index (χ4n) is 5.73. The molecule has 2 unspecified atom stereocenters. The number of amides is 1. The highest BCUT2D eigenvalue weighted by Crippen LogP contribution is 2.46. The number of allylic oxidation sites excluding steroid dienone is 1. The molecule has 0 radical (unpaired) electrons. The van der Waals surface area contributed by atoms with E-state index in [1.807, 2.05) is 36.4 Å². The Hall–Kier alpha value is -4.48. The number of nitrogens with zero attached hydrogens (tertiary/aromatic N) is 4. The Morgan fingerprint density at radius 3 is 2.23 bits per heavy atom. The summed E-state index contributed by atoms with van der Waals surface area (Å²) in [4.78, 5) is 13.8. The Labute approximate surface area is 247 Å². The highest BCUT2D eigenvalue weighted by molar-refractivity contribution is 6.08. The van der Waals surface area contributed by atoms with Crippen LogP contribution >= 0.6 is 0 Å². The lowest BCUT2D eigenvalue weighted by Gasteiger charge is -2.30. The minimum absolute atomic E-state index is 0.147. The standard InChI is InChI=1S/C31H33F3N4O5/c1-18-13-27(31(32,33)34)35-37(18)17-28(39)38-30(21-10-12-24(41-3)26(16-21)43-5)22-8-6-7-20(29(22)36-38)14-19-9-11-23(40-2)25(15-19)42-4/h9-16,22,30H,6-8,17H2,1-5H3. The molecular weight excluding hydrogens is 565 g/mol. The van der Waals surface area contributed by atoms with Gasteiger partial charge in [0.25, 0.3) is 5.91 Å². The number of halogens is 3. The van der Waals surface area contributed by atoms with Crippen molar-refractivity contribution in [2.75, 3.05) is 28.4 Å². The lowest BCUT2D eigenvalue weighted by molar-refractivity contribution is -0.142. The van der Waals surface area contributed by atoms with Crippen LogP contribution < -0.4 is 18.9 Å². The number of ether oxygens (including phenoxy) is 4. The van der Waals surface area contributed by atoms with Gasteiger partial charge < -0.3 is 18.9 Å². The molecule has 3 aromatic rings. The van der Waals surface area contributed by atoms with Crippen molar-refractivity contribution >= 4 is 17.7 Å². The molecule has 1 aliphatic carbocycles. The van der Waals surface area contributed by atoms with Crippen LogP contribution in [-0.4, -0.2) is 54.8 Å². The van der Waals surface area contributed by atoms with Crippen LogP contribution in [0.3, 0.4) is 0 Å². The average molecular weight is 599 g/mol. The first-order valence-corrected chi connectivity index (χ1v) is 13.7. The Kier molecular flexibility index (Phi) is 8.38. The summed E-state index contributed by atoms with van der Waals surface area (Å²) in [5, 5.41) is 9.89. The third-order valence-corrected chi connectivity index (χ3v) is 7.81. The molecule has 2 heterocycles. The Morgan fingerprint density at radius 2 is 1.60 bits per heavy atom. The summed E-state index contributed by atoms with van der Waals surface area (Å²) >= 11 is 0. The van der Waals surface area contributed by atoms with Gasteiger partial charge in [-0.2, -0.15) is 23.4 Å². The zero-order chi connectivity index (χ0) is 30.9. The van der Waals surface area contributed by atoms with Crippen LogP contribution in [-0.2, 0) is 17.5 Å². The second-order valence-electron chi connectivity index (χ2n) is 10.4. The molecule has 1 saturated carbocycles. The Bertz CT molecular complexity index is 1580. The Morgan fingerprint density at radius 1 is 0.953 bits per heavy atom. The van der Waals surface area contributed by atoms with Gasteiger partial charge in [-0.05, 0) is 79.3 Å². The van der Waals surface area contributed by atoms with Gasteiger partial charge in [0.15, 0.2) is 28.7 Å². The molecule has 1 aromatic heterocycles. The van der Waals surface area contributed by atoms with Crippen molar-refractivity contribution in [1.82, 2.24) is 14.8 Å². The van der Waals surface area contributed by atoms with Gasteiger partial charge in [-0.15, -0.1) is 0 Å². The maximum Gasteiger partial charge on any atom is 0.435 e. The minimum Gasteiger partial charge on any atom is -0.493 e. The number of methoxy groups -OCH3 is 4. The van der Waals surface area contributed by atoms with E-state index in [4.69, 9.17) is 24.0 Å². The molecule has 12 heteroatoms. The normalized spacial score (nSPS) is 19.2. The van der Waals surface area contributed by atoms with Crippen molar-refractivity contribution in [2.45, 2.75) is 44.9 Å². The van der Waals surface area contributed by atoms with E-state index in [0.29, 0.717) is 23.0 Å². The number of hydrazone groups is 1. The Balaban J connectivity index is 1.55. The number of aromatic nitrogens is 2. The molecule has 0 saturated heterocycles. The van der Waals surface area contributed by atoms with Gasteiger partial charge in [-0.25, -0.2) is 5.01 Å². The van der Waals surface area contributed by atoms with Crippen molar-refractivity contribution in [3.8, 4) is 23.0 Å². The number of fused-ring (bicyclic) bond motifs is 1. The summed E-state index contributed by atoms with van der Waals surface area (Å²) in [6.07, 6.45) is -0.211. The topological polar surface area (TPSA) is 87.4 Å². The van der Waals surface area contributed by atoms with Crippen LogP contribution in [0.4, 0.5) is 13.2 Å². The molecule has 1 amide bonds. The molecule has 2 aliphatic rings. The van der Waals surface area contributed by atoms with Crippen molar-refractivity contribution in [3.63, 3.8) is 0 Å². The molecule has 1 fully saturated rings. The van der Waals surface area contributed by atoms with Gasteiger partial charge in [0.2, 0.25) is 0 Å². The lowest BCUT2D eigenvalue weighted by atomic mass is 9.77. The van der Waals surface area contributed by atoms with E-state index in [9.17, 15) is 18.0 Å². The fourth-order valence-corrected chi connectivity index (χ4v) is 5.73. The number of aryl methyl sites for hydroxylation is 1. The zero-order valence-electron chi connectivity index (χ0n) is 24.6. The third-order valence-electron chi connectivity index (χ3n) is 7.81. The van der Waals surface area contributed by atoms with Crippen molar-refractivity contribution < 1.29 is 36.9 Å². The second-order valence-corrected chi connectivity index (χ2v) is 10.4. The molecule has 0 N–H and O–H groups in total. The second kappa shape index (κ2) is 12.0. The SMILES string of the molecule is COc1ccc(C=C2CCCC3C2=NN(C(=O)Cn2nc(C(F)(F)F)cc2C)C3c2ccc(OC)c(OC)c2)cc1OC. The summed E-state index contributed by atoms with van der Waals surface area (Å²) in [6.45, 7) is 1.09. The van der Waals surface area contributed by atoms with Gasteiger partial charge in [0, 0.05) is 11.6 Å². The van der Waals surface area contributed by atoms with E-state index >= 15 is 0 Å². The number of hydrogen-bond acceptors (Lipinski definition) is 7. The summed E-state index contributed by atoms with van der Waals surface area (Å²) in [5.41, 5.74) is 2.57. The molecule has 0 spiro atoms. The van der Waals surface area contributed by atoms with Crippen molar-refractivity contribution in [3.05, 3.63) is 70.6 Å². The number of rotatable bonds is 8. The number of carbonyl (C=O) groups excluding carboxylic acids is 1. The van der Waals surface area contributed by atoms with Gasteiger partial charge in [0.1, 0.15) is 6.54 Å². The van der Waals surface area contributed by atoms with Gasteiger partial charge in [-0.1, -0.05) is 12.1 Å². The largest absolute Gasteiger partial charge is 0.493 e. The molecular formula is C31H33F3N4O5. The summed E-state index contributed by atoms with van der Waals surface area (Å²) in [5.74, 6) is 1.60. The minimum atomic E-state index is -4.62. The molecule has 0 bridgehead atoms. The zero-order valence-corrected chi connectivity index (χ0v) is 24.6. The van der Waals surface area contributed by atoms with Crippen molar-refractivity contribution in [2.24, 2.45) is 11.0 Å². The lowest BCUT2D eigenvalue weighted by Crippen LogP contribution is -2.34. The molecule has 1 aliphatic heterocycles. The quantitative estimate of drug-likeness (QED) is 0.313. The molecule has 228 valence electrons. The monoisotopic (exact) mass is 598 g/mol. The van der Waals surface area contributed by atoms with Crippen LogP contribution in [0.1, 0.15) is 47.8 Å². The van der Waals surface area contributed by atoms with E-state index in [2.05, 4.69) is 5.10 Å². The molecule has 5 rings (SSSR count). The maximum atomic E-state index is 13.8. The van der Waals surface area contributed by atoms with E-state index in [-0.39, 0.29) is 11.6 Å². The number of hydrogen-bond donors (Lipinski definition) is 0. The first kappa shape index (κ1) is 30.0. The predicted molar refractivity (Wildman–Crippen MR) is 153 cm³/mol. The smallest absolute Gasteiger partial charge is 0.435 e. The molecule has 2 atom stereocenters. The predicted octanol–water partition coefficient (Wildman–Crippen LogP) is 6.07. The van der Waals surface area contributed by atoms with E-state index in [1.165, 1.54) is 26.2 Å².